The summed E-state index contributed by atoms with van der Waals surface area (Å²) in [6.07, 6.45) is 0. The van der Waals surface area contributed by atoms with E-state index in [1.165, 1.54) is 19.1 Å². The van der Waals surface area contributed by atoms with E-state index in [0.717, 1.165) is 0 Å². The van der Waals surface area contributed by atoms with Crippen molar-refractivity contribution in [1.82, 2.24) is 9.97 Å². The summed E-state index contributed by atoms with van der Waals surface area (Å²) in [5.41, 5.74) is -0.506. The molecule has 0 aliphatic rings. The fourth-order valence-electron chi connectivity index (χ4n) is 1.35. The van der Waals surface area contributed by atoms with Gasteiger partial charge in [-0.3, -0.25) is 4.79 Å². The summed E-state index contributed by atoms with van der Waals surface area (Å²) in [7, 11) is 0. The highest BCUT2D eigenvalue weighted by Crippen LogP contribution is 2.21. The molecule has 1 N–H and O–H groups in total. The zero-order valence-corrected chi connectivity index (χ0v) is 10.3. The number of aromatic nitrogens is 2. The van der Waals surface area contributed by atoms with E-state index in [2.05, 4.69) is 25.9 Å². The Balaban J connectivity index is 2.61. The maximum atomic E-state index is 13.3. The van der Waals surface area contributed by atoms with Crippen molar-refractivity contribution in [1.29, 1.82) is 0 Å². The van der Waals surface area contributed by atoms with Gasteiger partial charge in [-0.2, -0.15) is 4.39 Å². The number of H-pyrrole nitrogens is 1. The Labute approximate surface area is 104 Å². The van der Waals surface area contributed by atoms with E-state index in [4.69, 9.17) is 0 Å². The number of rotatable bonds is 1. The Bertz CT molecular complexity index is 640. The van der Waals surface area contributed by atoms with Crippen LogP contribution in [0, 0.1) is 18.6 Å². The largest absolute Gasteiger partial charge is 0.304 e. The molecule has 1 aromatic heterocycles. The van der Waals surface area contributed by atoms with Crippen LogP contribution in [0.4, 0.5) is 8.78 Å². The second-order valence-corrected chi connectivity index (χ2v) is 4.30. The molecular weight excluding hydrogens is 294 g/mol. The van der Waals surface area contributed by atoms with E-state index >= 15 is 0 Å². The van der Waals surface area contributed by atoms with Gasteiger partial charge in [0.05, 0.1) is 10.2 Å². The topological polar surface area (TPSA) is 45.8 Å². The predicted octanol–water partition coefficient (Wildman–Crippen LogP) is 2.79. The summed E-state index contributed by atoms with van der Waals surface area (Å²) in [5.74, 6) is -1.27. The van der Waals surface area contributed by atoms with Crippen molar-refractivity contribution in [2.45, 2.75) is 6.92 Å². The fraction of sp³-hybridized carbons (Fsp3) is 0.0909. The standard InChI is InChI=1S/C11H7BrF2N2O/c1-5-9(14)11(17)16-10(15-5)6-2-3-7(12)8(13)4-6/h2-4H,1H3,(H,15,16,17). The van der Waals surface area contributed by atoms with Crippen LogP contribution >= 0.6 is 15.9 Å². The number of halogens is 3. The molecule has 6 heteroatoms. The third-order valence-electron chi connectivity index (χ3n) is 2.22. The number of nitrogens with zero attached hydrogens (tertiary/aromatic N) is 1. The minimum absolute atomic E-state index is 0.0212. The van der Waals surface area contributed by atoms with Gasteiger partial charge in [-0.25, -0.2) is 9.37 Å². The second kappa shape index (κ2) is 4.37. The first-order valence-corrected chi connectivity index (χ1v) is 5.50. The molecule has 1 aromatic carbocycles. The van der Waals surface area contributed by atoms with E-state index in [0.29, 0.717) is 10.0 Å². The summed E-state index contributed by atoms with van der Waals surface area (Å²) in [5, 5.41) is 0. The van der Waals surface area contributed by atoms with Crippen LogP contribution in [0.5, 0.6) is 0 Å². The molecule has 17 heavy (non-hydrogen) atoms. The number of hydrogen-bond acceptors (Lipinski definition) is 2. The molecule has 0 unspecified atom stereocenters. The highest BCUT2D eigenvalue weighted by atomic mass is 79.9. The van der Waals surface area contributed by atoms with Gasteiger partial charge in [0.15, 0.2) is 0 Å². The van der Waals surface area contributed by atoms with Crippen LogP contribution in [-0.4, -0.2) is 9.97 Å². The van der Waals surface area contributed by atoms with Crippen LogP contribution in [0.25, 0.3) is 11.4 Å². The molecule has 0 atom stereocenters. The van der Waals surface area contributed by atoms with Gasteiger partial charge in [0.1, 0.15) is 11.6 Å². The number of aryl methyl sites for hydroxylation is 1. The smallest absolute Gasteiger partial charge is 0.287 e. The molecule has 3 nitrogen and oxygen atoms in total. The van der Waals surface area contributed by atoms with Crippen LogP contribution in [0.15, 0.2) is 27.5 Å². The van der Waals surface area contributed by atoms with Gasteiger partial charge in [-0.15, -0.1) is 0 Å². The Hall–Kier alpha value is -1.56. The van der Waals surface area contributed by atoms with Crippen LogP contribution in [-0.2, 0) is 0 Å². The monoisotopic (exact) mass is 300 g/mol. The van der Waals surface area contributed by atoms with Crippen molar-refractivity contribution in [3.63, 3.8) is 0 Å². The molecular formula is C11H7BrF2N2O. The van der Waals surface area contributed by atoms with Crippen molar-refractivity contribution in [2.24, 2.45) is 0 Å². The molecule has 88 valence electrons. The molecule has 0 radical (unpaired) electrons. The minimum Gasteiger partial charge on any atom is -0.304 e. The molecule has 0 amide bonds. The second-order valence-electron chi connectivity index (χ2n) is 3.44. The summed E-state index contributed by atoms with van der Waals surface area (Å²) in [6, 6.07) is 4.27. The summed E-state index contributed by atoms with van der Waals surface area (Å²) >= 11 is 3.02. The quantitative estimate of drug-likeness (QED) is 0.880. The third kappa shape index (κ3) is 2.26. The van der Waals surface area contributed by atoms with Crippen LogP contribution < -0.4 is 5.56 Å². The van der Waals surface area contributed by atoms with Crippen molar-refractivity contribution in [3.8, 4) is 11.4 Å². The van der Waals surface area contributed by atoms with E-state index < -0.39 is 17.2 Å². The molecule has 0 aliphatic carbocycles. The lowest BCUT2D eigenvalue weighted by Gasteiger charge is -2.03. The van der Waals surface area contributed by atoms with Gasteiger partial charge in [0.25, 0.3) is 5.56 Å². The molecule has 0 aliphatic heterocycles. The molecule has 2 rings (SSSR count). The van der Waals surface area contributed by atoms with Gasteiger partial charge in [-0.05, 0) is 41.1 Å². The van der Waals surface area contributed by atoms with Gasteiger partial charge in [-0.1, -0.05) is 0 Å². The molecule has 1 heterocycles. The maximum absolute atomic E-state index is 13.3. The number of aromatic amines is 1. The number of hydrogen-bond donors (Lipinski definition) is 1. The van der Waals surface area contributed by atoms with E-state index in [1.54, 1.807) is 6.07 Å². The van der Waals surface area contributed by atoms with E-state index in [-0.39, 0.29) is 11.5 Å². The lowest BCUT2D eigenvalue weighted by Crippen LogP contribution is -2.15. The van der Waals surface area contributed by atoms with Crippen molar-refractivity contribution >= 4 is 15.9 Å². The van der Waals surface area contributed by atoms with Gasteiger partial charge in [0, 0.05) is 5.56 Å². The Kier molecular flexibility index (Phi) is 3.06. The summed E-state index contributed by atoms with van der Waals surface area (Å²) < 4.78 is 26.7. The molecule has 0 saturated carbocycles. The maximum Gasteiger partial charge on any atom is 0.287 e. The van der Waals surface area contributed by atoms with Gasteiger partial charge >= 0.3 is 0 Å². The SMILES string of the molecule is Cc1nc(-c2ccc(Br)c(F)c2)[nH]c(=O)c1F. The zero-order chi connectivity index (χ0) is 12.6. The predicted molar refractivity (Wildman–Crippen MR) is 62.6 cm³/mol. The van der Waals surface area contributed by atoms with E-state index in [9.17, 15) is 13.6 Å². The van der Waals surface area contributed by atoms with Gasteiger partial charge < -0.3 is 4.98 Å². The normalized spacial score (nSPS) is 10.6. The van der Waals surface area contributed by atoms with Crippen LogP contribution in [0.3, 0.4) is 0 Å². The Morgan fingerprint density at radius 2 is 2.06 bits per heavy atom. The highest BCUT2D eigenvalue weighted by Gasteiger charge is 2.10. The molecule has 0 spiro atoms. The van der Waals surface area contributed by atoms with E-state index in [1.807, 2.05) is 0 Å². The Morgan fingerprint density at radius 1 is 1.35 bits per heavy atom. The summed E-state index contributed by atoms with van der Waals surface area (Å²) in [4.78, 5) is 17.3. The average Bonchev–Trinajstić information content (AvgIpc) is 2.29. The summed E-state index contributed by atoms with van der Waals surface area (Å²) in [6.45, 7) is 1.38. The Morgan fingerprint density at radius 3 is 2.65 bits per heavy atom. The fourth-order valence-corrected chi connectivity index (χ4v) is 1.60. The highest BCUT2D eigenvalue weighted by molar-refractivity contribution is 9.10. The van der Waals surface area contributed by atoms with Gasteiger partial charge in [0.2, 0.25) is 5.82 Å². The number of nitrogens with one attached hydrogen (secondary N) is 1. The van der Waals surface area contributed by atoms with Crippen LogP contribution in [0.2, 0.25) is 0 Å². The first-order valence-electron chi connectivity index (χ1n) is 4.71. The zero-order valence-electron chi connectivity index (χ0n) is 8.72. The lowest BCUT2D eigenvalue weighted by atomic mass is 10.2. The third-order valence-corrected chi connectivity index (χ3v) is 2.86. The first-order chi connectivity index (χ1) is 7.99. The first kappa shape index (κ1) is 11.9. The molecule has 2 aromatic rings. The number of benzene rings is 1. The molecule has 0 bridgehead atoms. The lowest BCUT2D eigenvalue weighted by molar-refractivity contribution is 0.589. The van der Waals surface area contributed by atoms with Crippen molar-refractivity contribution in [3.05, 3.63) is 50.4 Å². The molecule has 0 fully saturated rings. The van der Waals surface area contributed by atoms with Crippen LogP contribution in [0.1, 0.15) is 5.69 Å². The molecule has 0 saturated heterocycles. The van der Waals surface area contributed by atoms with Crippen molar-refractivity contribution in [2.75, 3.05) is 0 Å². The van der Waals surface area contributed by atoms with Crippen molar-refractivity contribution < 1.29 is 8.78 Å². The minimum atomic E-state index is -0.925. The average molecular weight is 301 g/mol.